The summed E-state index contributed by atoms with van der Waals surface area (Å²) < 4.78 is 0. The second-order valence-electron chi connectivity index (χ2n) is 5.35. The van der Waals surface area contributed by atoms with Gasteiger partial charge in [0.25, 0.3) is 0 Å². The van der Waals surface area contributed by atoms with Crippen molar-refractivity contribution in [2.75, 3.05) is 0 Å². The van der Waals surface area contributed by atoms with E-state index in [1.165, 1.54) is 0 Å². The Kier molecular flexibility index (Phi) is 11.5. The summed E-state index contributed by atoms with van der Waals surface area (Å²) in [5.74, 6) is 1.10. The van der Waals surface area contributed by atoms with E-state index in [0.717, 1.165) is 5.92 Å². The second-order valence-corrected chi connectivity index (χ2v) is 5.35. The third-order valence-electron chi connectivity index (χ3n) is 3.17. The number of nitriles is 1. The average molecular weight is 324 g/mol. The molecule has 2 rings (SSSR count). The second kappa shape index (κ2) is 11.5. The van der Waals surface area contributed by atoms with Crippen LogP contribution in [0.4, 0.5) is 0 Å². The zero-order chi connectivity index (χ0) is 15.0. The van der Waals surface area contributed by atoms with Crippen molar-refractivity contribution in [2.24, 2.45) is 0 Å². The van der Waals surface area contributed by atoms with Gasteiger partial charge < -0.3 is 0 Å². The minimum Gasteiger partial charge on any atom is -0.283 e. The molecule has 0 saturated heterocycles. The van der Waals surface area contributed by atoms with E-state index in [0.29, 0.717) is 12.1 Å². The van der Waals surface area contributed by atoms with Crippen LogP contribution in [0.3, 0.4) is 0 Å². The first-order chi connectivity index (χ1) is 9.57. The van der Waals surface area contributed by atoms with Crippen molar-refractivity contribution in [2.45, 2.75) is 45.8 Å². The molecule has 0 N–H and O–H groups in total. The molecule has 0 heterocycles. The maximum absolute atomic E-state index is 9.27. The molecule has 0 amide bonds. The van der Waals surface area contributed by atoms with Crippen molar-refractivity contribution in [3.63, 3.8) is 0 Å². The van der Waals surface area contributed by atoms with E-state index in [9.17, 15) is 5.26 Å². The summed E-state index contributed by atoms with van der Waals surface area (Å²) in [6.07, 6.45) is 18.0. The molecule has 0 bridgehead atoms. The van der Waals surface area contributed by atoms with Gasteiger partial charge in [0.05, 0.1) is 6.07 Å². The Hall–Kier alpha value is -0.0305. The molecule has 2 aliphatic carbocycles. The Balaban J connectivity index is 0.000000562. The number of nitrogens with zero attached hydrogens (tertiary/aromatic N) is 2. The summed E-state index contributed by atoms with van der Waals surface area (Å²) in [6.45, 7) is 8.53. The molecule has 0 aromatic carbocycles. The molecule has 0 aliphatic heterocycles. The Morgan fingerprint density at radius 3 is 1.48 bits per heavy atom. The molecule has 0 aromatic heterocycles. The fourth-order valence-corrected chi connectivity index (χ4v) is 2.40. The molecule has 114 valence electrons. The summed E-state index contributed by atoms with van der Waals surface area (Å²) in [6, 6.07) is 3.03. The Morgan fingerprint density at radius 1 is 0.810 bits per heavy atom. The molecule has 21 heavy (non-hydrogen) atoms. The van der Waals surface area contributed by atoms with E-state index >= 15 is 0 Å². The molecule has 2 nitrogen and oxygen atoms in total. The quantitative estimate of drug-likeness (QED) is 0.741. The molecule has 0 aromatic rings. The Labute approximate surface area is 143 Å². The van der Waals surface area contributed by atoms with Crippen LogP contribution in [0.25, 0.3) is 0 Å². The molecule has 2 saturated carbocycles. The van der Waals surface area contributed by atoms with Gasteiger partial charge in [0.15, 0.2) is 0 Å². The van der Waals surface area contributed by atoms with Gasteiger partial charge in [-0.2, -0.15) is 5.26 Å². The minimum absolute atomic E-state index is 0. The van der Waals surface area contributed by atoms with Crippen LogP contribution in [-0.4, -0.2) is 23.0 Å². The maximum atomic E-state index is 9.27. The first kappa shape index (κ1) is 21.0. The first-order valence-corrected chi connectivity index (χ1v) is 7.13. The standard InChI is InChI=1S/C13H19N2.C5H5.Fe/c1-10(2)15(11(3)4)13(9-14)12-7-5-6-8-12;1-2-4-5-3-1;/h5-8,10-11,13H,1-4H3;1-5H;. The fraction of sp³-hybridized carbons (Fsp3) is 0.389. The van der Waals surface area contributed by atoms with E-state index in [2.05, 4.69) is 38.7 Å². The molecule has 2 fully saturated rings. The van der Waals surface area contributed by atoms with Gasteiger partial charge in [0, 0.05) is 35.1 Å². The number of hydrogen-bond acceptors (Lipinski definition) is 2. The van der Waals surface area contributed by atoms with Gasteiger partial charge in [-0.1, -0.05) is 0 Å². The Morgan fingerprint density at radius 2 is 1.19 bits per heavy atom. The van der Waals surface area contributed by atoms with E-state index in [4.69, 9.17) is 0 Å². The average Bonchev–Trinajstić information content (AvgIpc) is 3.08. The van der Waals surface area contributed by atoms with Crippen LogP contribution in [0.5, 0.6) is 0 Å². The number of rotatable bonds is 4. The van der Waals surface area contributed by atoms with Gasteiger partial charge in [-0.25, -0.2) is 0 Å². The molecule has 10 radical (unpaired) electrons. The van der Waals surface area contributed by atoms with Gasteiger partial charge in [-0.3, -0.25) is 4.90 Å². The molecule has 0 spiro atoms. The third-order valence-corrected chi connectivity index (χ3v) is 3.17. The molecule has 1 unspecified atom stereocenters. The monoisotopic (exact) mass is 324 g/mol. The maximum Gasteiger partial charge on any atom is 0.105 e. The van der Waals surface area contributed by atoms with Crippen LogP contribution in [-0.2, 0) is 17.1 Å². The van der Waals surface area contributed by atoms with Crippen LogP contribution < -0.4 is 0 Å². The summed E-state index contributed by atoms with van der Waals surface area (Å²) in [7, 11) is 0. The normalized spacial score (nSPS) is 20.1. The van der Waals surface area contributed by atoms with Crippen molar-refractivity contribution in [1.29, 1.82) is 5.26 Å². The zero-order valence-electron chi connectivity index (χ0n) is 13.2. The molecule has 2 aliphatic rings. The van der Waals surface area contributed by atoms with Gasteiger partial charge in [0.2, 0.25) is 0 Å². The predicted molar refractivity (Wildman–Crippen MR) is 83.5 cm³/mol. The van der Waals surface area contributed by atoms with Gasteiger partial charge in [-0.05, 0) is 85.5 Å². The smallest absolute Gasteiger partial charge is 0.105 e. The summed E-state index contributed by atoms with van der Waals surface area (Å²) in [5.41, 5.74) is 0. The summed E-state index contributed by atoms with van der Waals surface area (Å²) in [4.78, 5) is 2.23. The largest absolute Gasteiger partial charge is 0.283 e. The van der Waals surface area contributed by atoms with Crippen molar-refractivity contribution in [3.05, 3.63) is 63.7 Å². The van der Waals surface area contributed by atoms with E-state index in [1.807, 2.05) is 57.8 Å². The predicted octanol–water partition coefficient (Wildman–Crippen LogP) is 3.42. The van der Waals surface area contributed by atoms with E-state index in [1.54, 1.807) is 0 Å². The van der Waals surface area contributed by atoms with Crippen LogP contribution in [0.1, 0.15) is 27.7 Å². The fourth-order valence-electron chi connectivity index (χ4n) is 2.40. The Bertz CT molecular complexity index is 270. The van der Waals surface area contributed by atoms with Crippen molar-refractivity contribution < 1.29 is 17.1 Å². The SMILES string of the molecule is CC(C)N(C(C)C)C(C#N)[C]1[CH][CH][CH][CH]1.[CH]1[CH][CH][CH][CH]1.[Fe]. The van der Waals surface area contributed by atoms with Crippen molar-refractivity contribution in [3.8, 4) is 6.07 Å². The van der Waals surface area contributed by atoms with Crippen molar-refractivity contribution >= 4 is 0 Å². The topological polar surface area (TPSA) is 27.0 Å². The van der Waals surface area contributed by atoms with Gasteiger partial charge in [0.1, 0.15) is 6.04 Å². The minimum atomic E-state index is -0.125. The van der Waals surface area contributed by atoms with Gasteiger partial charge >= 0.3 is 0 Å². The van der Waals surface area contributed by atoms with Gasteiger partial charge in [-0.15, -0.1) is 0 Å². The van der Waals surface area contributed by atoms with Crippen LogP contribution in [0.2, 0.25) is 0 Å². The molecule has 1 atom stereocenters. The number of hydrogen-bond donors (Lipinski definition) is 0. The van der Waals surface area contributed by atoms with Crippen LogP contribution >= 0.6 is 0 Å². The molecular formula is C18H24FeN2. The van der Waals surface area contributed by atoms with Crippen LogP contribution in [0.15, 0.2) is 0 Å². The zero-order valence-corrected chi connectivity index (χ0v) is 14.3. The molecular weight excluding hydrogens is 300 g/mol. The van der Waals surface area contributed by atoms with Crippen molar-refractivity contribution in [1.82, 2.24) is 4.90 Å². The first-order valence-electron chi connectivity index (χ1n) is 7.13. The summed E-state index contributed by atoms with van der Waals surface area (Å²) in [5, 5.41) is 9.27. The summed E-state index contributed by atoms with van der Waals surface area (Å²) >= 11 is 0. The molecule has 3 heteroatoms. The third kappa shape index (κ3) is 7.18. The van der Waals surface area contributed by atoms with E-state index in [-0.39, 0.29) is 23.1 Å². The van der Waals surface area contributed by atoms with Crippen LogP contribution in [0, 0.1) is 75.0 Å². The van der Waals surface area contributed by atoms with E-state index < -0.39 is 0 Å².